The van der Waals surface area contributed by atoms with Crippen LogP contribution in [0.4, 0.5) is 11.4 Å². The number of ether oxygens (including phenoxy) is 1. The molecule has 1 rings (SSSR count). The van der Waals surface area contributed by atoms with Crippen molar-refractivity contribution in [1.29, 1.82) is 0 Å². The molecule has 20 heavy (non-hydrogen) atoms. The van der Waals surface area contributed by atoms with Crippen molar-refractivity contribution in [3.63, 3.8) is 0 Å². The zero-order valence-electron chi connectivity index (χ0n) is 12.2. The summed E-state index contributed by atoms with van der Waals surface area (Å²) in [7, 11) is 4.99. The largest absolute Gasteiger partial charge is 0.399 e. The number of nitrogens with two attached hydrogens (primary N) is 1. The van der Waals surface area contributed by atoms with E-state index in [1.54, 1.807) is 39.4 Å². The number of methoxy groups -OCH3 is 1. The number of aliphatic hydroxyl groups is 1. The summed E-state index contributed by atoms with van der Waals surface area (Å²) in [6.45, 7) is 0.477. The molecule has 1 aromatic carbocycles. The molecule has 0 saturated carbocycles. The Balaban J connectivity index is 3.01. The molecule has 112 valence electrons. The van der Waals surface area contributed by atoms with Gasteiger partial charge in [0.25, 0.3) is 5.91 Å². The molecule has 6 heteroatoms. The number of benzene rings is 1. The van der Waals surface area contributed by atoms with Crippen molar-refractivity contribution in [3.8, 4) is 0 Å². The molecule has 0 spiro atoms. The van der Waals surface area contributed by atoms with Gasteiger partial charge in [-0.1, -0.05) is 0 Å². The molecular weight excluding hydrogens is 258 g/mol. The lowest BCUT2D eigenvalue weighted by Crippen LogP contribution is -2.29. The van der Waals surface area contributed by atoms with Gasteiger partial charge in [-0.25, -0.2) is 0 Å². The summed E-state index contributed by atoms with van der Waals surface area (Å²) >= 11 is 0. The minimum atomic E-state index is -0.104. The first-order valence-electron chi connectivity index (χ1n) is 6.47. The van der Waals surface area contributed by atoms with Crippen molar-refractivity contribution in [1.82, 2.24) is 4.90 Å². The topological polar surface area (TPSA) is 87.8 Å². The fourth-order valence-electron chi connectivity index (χ4n) is 1.88. The lowest BCUT2D eigenvalue weighted by molar-refractivity contribution is 0.0828. The Bertz CT molecular complexity index is 443. The third-order valence-corrected chi connectivity index (χ3v) is 2.89. The average molecular weight is 281 g/mol. The second-order valence-electron chi connectivity index (χ2n) is 4.81. The number of carbonyl (C=O) groups excluding carboxylic acids is 1. The SMILES string of the molecule is COCC(CCO)Nc1cc(N)ccc1C(=O)N(C)C. The van der Waals surface area contributed by atoms with Gasteiger partial charge in [-0.15, -0.1) is 0 Å². The number of hydrogen-bond donors (Lipinski definition) is 3. The molecule has 1 aromatic rings. The van der Waals surface area contributed by atoms with E-state index >= 15 is 0 Å². The van der Waals surface area contributed by atoms with Crippen molar-refractivity contribution in [2.45, 2.75) is 12.5 Å². The maximum absolute atomic E-state index is 12.1. The van der Waals surface area contributed by atoms with Crippen molar-refractivity contribution in [2.75, 3.05) is 45.5 Å². The first kappa shape index (κ1) is 16.3. The highest BCUT2D eigenvalue weighted by Gasteiger charge is 2.16. The van der Waals surface area contributed by atoms with Gasteiger partial charge in [-0.2, -0.15) is 0 Å². The van der Waals surface area contributed by atoms with Crippen molar-refractivity contribution < 1.29 is 14.6 Å². The number of hydrogen-bond acceptors (Lipinski definition) is 5. The molecule has 1 atom stereocenters. The number of nitrogens with zero attached hydrogens (tertiary/aromatic N) is 1. The number of nitrogens with one attached hydrogen (secondary N) is 1. The van der Waals surface area contributed by atoms with Crippen LogP contribution in [0.25, 0.3) is 0 Å². The van der Waals surface area contributed by atoms with Crippen LogP contribution in [-0.4, -0.2) is 56.4 Å². The molecular formula is C14H23N3O3. The highest BCUT2D eigenvalue weighted by molar-refractivity contribution is 6.00. The highest BCUT2D eigenvalue weighted by atomic mass is 16.5. The zero-order valence-corrected chi connectivity index (χ0v) is 12.2. The summed E-state index contributed by atoms with van der Waals surface area (Å²) in [4.78, 5) is 13.6. The molecule has 0 aliphatic rings. The Hall–Kier alpha value is -1.79. The second-order valence-corrected chi connectivity index (χ2v) is 4.81. The first-order chi connectivity index (χ1) is 9.49. The second kappa shape index (κ2) is 7.72. The summed E-state index contributed by atoms with van der Waals surface area (Å²) in [6.07, 6.45) is 0.526. The Morgan fingerprint density at radius 2 is 2.20 bits per heavy atom. The predicted octanol–water partition coefficient (Wildman–Crippen LogP) is 0.780. The maximum Gasteiger partial charge on any atom is 0.255 e. The highest BCUT2D eigenvalue weighted by Crippen LogP contribution is 2.22. The van der Waals surface area contributed by atoms with Crippen LogP contribution >= 0.6 is 0 Å². The summed E-state index contributed by atoms with van der Waals surface area (Å²) in [5, 5.41) is 12.3. The van der Waals surface area contributed by atoms with E-state index in [0.29, 0.717) is 30.0 Å². The molecule has 1 unspecified atom stereocenters. The van der Waals surface area contributed by atoms with Crippen LogP contribution in [-0.2, 0) is 4.74 Å². The van der Waals surface area contributed by atoms with Gasteiger partial charge in [0.1, 0.15) is 0 Å². The van der Waals surface area contributed by atoms with Crippen molar-refractivity contribution in [3.05, 3.63) is 23.8 Å². The molecule has 0 bridgehead atoms. The zero-order chi connectivity index (χ0) is 15.1. The lowest BCUT2D eigenvalue weighted by atomic mass is 10.1. The van der Waals surface area contributed by atoms with E-state index in [9.17, 15) is 4.79 Å². The van der Waals surface area contributed by atoms with Crippen LogP contribution < -0.4 is 11.1 Å². The number of aliphatic hydroxyl groups excluding tert-OH is 1. The van der Waals surface area contributed by atoms with E-state index in [1.165, 1.54) is 4.90 Å². The molecule has 0 fully saturated rings. The minimum absolute atomic E-state index is 0.0420. The summed E-state index contributed by atoms with van der Waals surface area (Å²) in [5.74, 6) is -0.104. The van der Waals surface area contributed by atoms with E-state index in [-0.39, 0.29) is 18.6 Å². The summed E-state index contributed by atoms with van der Waals surface area (Å²) in [5.41, 5.74) is 7.55. The van der Waals surface area contributed by atoms with Gasteiger partial charge in [-0.3, -0.25) is 4.79 Å². The van der Waals surface area contributed by atoms with E-state index in [4.69, 9.17) is 15.6 Å². The Kier molecular flexibility index (Phi) is 6.27. The molecule has 0 aliphatic carbocycles. The molecule has 6 nitrogen and oxygen atoms in total. The molecule has 4 N–H and O–H groups in total. The standard InChI is InChI=1S/C14H23N3O3/c1-17(2)14(19)12-5-4-10(15)8-13(12)16-11(6-7-18)9-20-3/h4-5,8,11,16,18H,6-7,9,15H2,1-3H3. The molecule has 0 heterocycles. The Morgan fingerprint density at radius 1 is 1.50 bits per heavy atom. The normalized spacial score (nSPS) is 12.0. The van der Waals surface area contributed by atoms with Crippen LogP contribution in [0.15, 0.2) is 18.2 Å². The van der Waals surface area contributed by atoms with Gasteiger partial charge in [0, 0.05) is 39.2 Å². The quantitative estimate of drug-likeness (QED) is 0.643. The number of rotatable bonds is 7. The van der Waals surface area contributed by atoms with Crippen LogP contribution in [0, 0.1) is 0 Å². The number of nitrogen functional groups attached to an aromatic ring is 1. The van der Waals surface area contributed by atoms with E-state index in [0.717, 1.165) is 0 Å². The Labute approximate surface area is 119 Å². The van der Waals surface area contributed by atoms with Crippen LogP contribution in [0.1, 0.15) is 16.8 Å². The molecule has 0 radical (unpaired) electrons. The average Bonchev–Trinajstić information content (AvgIpc) is 2.38. The number of carbonyl (C=O) groups is 1. The Morgan fingerprint density at radius 3 is 2.75 bits per heavy atom. The maximum atomic E-state index is 12.1. The lowest BCUT2D eigenvalue weighted by Gasteiger charge is -2.21. The third-order valence-electron chi connectivity index (χ3n) is 2.89. The van der Waals surface area contributed by atoms with Gasteiger partial charge >= 0.3 is 0 Å². The number of amides is 1. The smallest absolute Gasteiger partial charge is 0.255 e. The van der Waals surface area contributed by atoms with E-state index < -0.39 is 0 Å². The van der Waals surface area contributed by atoms with Crippen molar-refractivity contribution in [2.24, 2.45) is 0 Å². The predicted molar refractivity (Wildman–Crippen MR) is 79.9 cm³/mol. The van der Waals surface area contributed by atoms with Crippen LogP contribution in [0.2, 0.25) is 0 Å². The van der Waals surface area contributed by atoms with Gasteiger partial charge in [0.15, 0.2) is 0 Å². The van der Waals surface area contributed by atoms with Gasteiger partial charge < -0.3 is 25.8 Å². The molecule has 0 aromatic heterocycles. The van der Waals surface area contributed by atoms with E-state index in [1.807, 2.05) is 0 Å². The minimum Gasteiger partial charge on any atom is -0.399 e. The summed E-state index contributed by atoms with van der Waals surface area (Å²) < 4.78 is 5.11. The fraction of sp³-hybridized carbons (Fsp3) is 0.500. The van der Waals surface area contributed by atoms with Gasteiger partial charge in [0.05, 0.1) is 18.2 Å². The summed E-state index contributed by atoms with van der Waals surface area (Å²) in [6, 6.07) is 5.03. The first-order valence-corrected chi connectivity index (χ1v) is 6.47. The fourth-order valence-corrected chi connectivity index (χ4v) is 1.88. The van der Waals surface area contributed by atoms with Gasteiger partial charge in [0.2, 0.25) is 0 Å². The van der Waals surface area contributed by atoms with Crippen molar-refractivity contribution >= 4 is 17.3 Å². The third kappa shape index (κ3) is 4.40. The monoisotopic (exact) mass is 281 g/mol. The molecule has 0 saturated heterocycles. The number of anilines is 2. The molecule has 1 amide bonds. The van der Waals surface area contributed by atoms with Gasteiger partial charge in [-0.05, 0) is 24.6 Å². The van der Waals surface area contributed by atoms with Crippen LogP contribution in [0.3, 0.4) is 0 Å². The van der Waals surface area contributed by atoms with E-state index in [2.05, 4.69) is 5.32 Å². The molecule has 0 aliphatic heterocycles. The van der Waals surface area contributed by atoms with Crippen LogP contribution in [0.5, 0.6) is 0 Å².